The molecule has 0 fully saturated rings. The summed E-state index contributed by atoms with van der Waals surface area (Å²) in [5.41, 5.74) is 3.98. The van der Waals surface area contributed by atoms with Gasteiger partial charge < -0.3 is 15.2 Å². The minimum absolute atomic E-state index is 0.00666. The highest BCUT2D eigenvalue weighted by Gasteiger charge is 2.39. The van der Waals surface area contributed by atoms with Crippen molar-refractivity contribution >= 4 is 30.2 Å². The van der Waals surface area contributed by atoms with Gasteiger partial charge in [-0.1, -0.05) is 43.4 Å². The van der Waals surface area contributed by atoms with Crippen LogP contribution >= 0.6 is 12.6 Å². The van der Waals surface area contributed by atoms with Crippen molar-refractivity contribution in [2.75, 3.05) is 26.6 Å². The number of alkyl halides is 3. The summed E-state index contributed by atoms with van der Waals surface area (Å²) in [7, 11) is 1.49. The average Bonchev–Trinajstić information content (AvgIpc) is 2.83. The number of aliphatic hydroxyl groups is 1. The van der Waals surface area contributed by atoms with Gasteiger partial charge in [0.1, 0.15) is 0 Å². The van der Waals surface area contributed by atoms with Crippen LogP contribution in [0.3, 0.4) is 0 Å². The lowest BCUT2D eigenvalue weighted by atomic mass is 9.84. The van der Waals surface area contributed by atoms with Crippen molar-refractivity contribution in [2.45, 2.75) is 51.7 Å². The number of halogens is 3. The second kappa shape index (κ2) is 15.1. The number of thiol groups is 1. The number of hydrogen-bond donors (Lipinski definition) is 3. The maximum absolute atomic E-state index is 13.0. The SMILES string of the molecule is CC/C=C/C(=C\c1cccc(C2=CCC(C(F)(F)F)CC2)c1C)C(=O)NC(CO)COC.CS. The molecule has 0 saturated carbocycles. The van der Waals surface area contributed by atoms with Gasteiger partial charge in [-0.05, 0) is 67.2 Å². The largest absolute Gasteiger partial charge is 0.394 e. The van der Waals surface area contributed by atoms with Gasteiger partial charge in [-0.3, -0.25) is 4.79 Å². The predicted octanol–water partition coefficient (Wildman–Crippen LogP) is 5.76. The van der Waals surface area contributed by atoms with Crippen LogP contribution in [-0.4, -0.2) is 49.8 Å². The Morgan fingerprint density at radius 1 is 1.35 bits per heavy atom. The molecule has 2 N–H and O–H groups in total. The molecule has 1 aliphatic carbocycles. The Morgan fingerprint density at radius 3 is 2.59 bits per heavy atom. The Bertz CT molecular complexity index is 879. The zero-order chi connectivity index (χ0) is 25.7. The number of hydrogen-bond acceptors (Lipinski definition) is 4. The van der Waals surface area contributed by atoms with Crippen molar-refractivity contribution in [1.82, 2.24) is 5.32 Å². The van der Waals surface area contributed by atoms with Crippen LogP contribution in [0.2, 0.25) is 0 Å². The van der Waals surface area contributed by atoms with Crippen LogP contribution in [0.5, 0.6) is 0 Å². The third-order valence-electron chi connectivity index (χ3n) is 5.63. The lowest BCUT2D eigenvalue weighted by molar-refractivity contribution is -0.175. The summed E-state index contributed by atoms with van der Waals surface area (Å²) in [6.07, 6.45) is 5.80. The van der Waals surface area contributed by atoms with E-state index >= 15 is 0 Å². The van der Waals surface area contributed by atoms with Crippen LogP contribution in [-0.2, 0) is 9.53 Å². The standard InChI is InChI=1S/C25H32F3NO3.CH4S/c1-4-5-7-20(24(31)29-22(15-30)16-32-3)14-19-8-6-9-23(17(19)2)18-10-12-21(13-11-18)25(26,27)28;1-2/h5-10,14,21-22,30H,4,11-13,15-16H2,1-3H3,(H,29,31);2H,1H3/b7-5+,20-14+;. The summed E-state index contributed by atoms with van der Waals surface area (Å²) in [6, 6.07) is 5.12. The fraction of sp³-hybridized carbons (Fsp3) is 0.500. The number of carbonyl (C=O) groups excluding carboxylic acids is 1. The highest BCUT2D eigenvalue weighted by atomic mass is 32.1. The topological polar surface area (TPSA) is 58.6 Å². The molecule has 0 aromatic heterocycles. The smallest absolute Gasteiger partial charge is 0.392 e. The van der Waals surface area contributed by atoms with Gasteiger partial charge in [-0.15, -0.1) is 0 Å². The summed E-state index contributed by atoms with van der Waals surface area (Å²) in [6.45, 7) is 3.82. The molecule has 1 amide bonds. The van der Waals surface area contributed by atoms with Crippen molar-refractivity contribution in [3.05, 3.63) is 58.7 Å². The fourth-order valence-electron chi connectivity index (χ4n) is 3.75. The summed E-state index contributed by atoms with van der Waals surface area (Å²) in [4.78, 5) is 12.8. The molecule has 190 valence electrons. The van der Waals surface area contributed by atoms with Crippen LogP contribution in [0.1, 0.15) is 49.3 Å². The molecule has 2 unspecified atom stereocenters. The summed E-state index contributed by atoms with van der Waals surface area (Å²) < 4.78 is 44.0. The maximum Gasteiger partial charge on any atom is 0.392 e. The molecular weight excluding hydrogens is 463 g/mol. The highest BCUT2D eigenvalue weighted by molar-refractivity contribution is 7.79. The van der Waals surface area contributed by atoms with Crippen molar-refractivity contribution in [2.24, 2.45) is 5.92 Å². The van der Waals surface area contributed by atoms with Gasteiger partial charge in [0.05, 0.1) is 25.2 Å². The average molecular weight is 500 g/mol. The molecule has 0 radical (unpaired) electrons. The van der Waals surface area contributed by atoms with E-state index in [0.717, 1.165) is 28.7 Å². The quantitative estimate of drug-likeness (QED) is 0.230. The molecule has 1 aliphatic rings. The van der Waals surface area contributed by atoms with Crippen LogP contribution in [0.25, 0.3) is 11.6 Å². The van der Waals surface area contributed by atoms with Gasteiger partial charge in [0.15, 0.2) is 0 Å². The number of aliphatic hydroxyl groups excluding tert-OH is 1. The Morgan fingerprint density at radius 2 is 2.06 bits per heavy atom. The van der Waals surface area contributed by atoms with Gasteiger partial charge in [0.2, 0.25) is 0 Å². The van der Waals surface area contributed by atoms with Crippen molar-refractivity contribution < 1.29 is 27.8 Å². The number of benzene rings is 1. The number of amides is 1. The molecule has 0 heterocycles. The van der Waals surface area contributed by atoms with E-state index in [4.69, 9.17) is 4.74 Å². The zero-order valence-corrected chi connectivity index (χ0v) is 21.2. The van der Waals surface area contributed by atoms with E-state index < -0.39 is 18.1 Å². The summed E-state index contributed by atoms with van der Waals surface area (Å²) in [5.74, 6) is -1.61. The second-order valence-electron chi connectivity index (χ2n) is 7.98. The van der Waals surface area contributed by atoms with Gasteiger partial charge in [-0.2, -0.15) is 25.8 Å². The first kappa shape index (κ1) is 30.0. The fourth-order valence-corrected chi connectivity index (χ4v) is 3.75. The van der Waals surface area contributed by atoms with Gasteiger partial charge >= 0.3 is 6.18 Å². The highest BCUT2D eigenvalue weighted by Crippen LogP contribution is 2.40. The first-order chi connectivity index (χ1) is 16.2. The molecule has 2 atom stereocenters. The Balaban J connectivity index is 0.00000281. The molecule has 0 aliphatic heterocycles. The van der Waals surface area contributed by atoms with Crippen LogP contribution in [0.4, 0.5) is 13.2 Å². The molecule has 34 heavy (non-hydrogen) atoms. The minimum Gasteiger partial charge on any atom is -0.394 e. The number of rotatable bonds is 9. The van der Waals surface area contributed by atoms with E-state index in [1.165, 1.54) is 7.11 Å². The van der Waals surface area contributed by atoms with E-state index in [1.807, 2.05) is 38.1 Å². The summed E-state index contributed by atoms with van der Waals surface area (Å²) in [5, 5.41) is 12.2. The third-order valence-corrected chi connectivity index (χ3v) is 5.63. The summed E-state index contributed by atoms with van der Waals surface area (Å²) >= 11 is 3.53. The number of allylic oxidation sites excluding steroid dienone is 3. The van der Waals surface area contributed by atoms with E-state index in [9.17, 15) is 23.1 Å². The van der Waals surface area contributed by atoms with Crippen molar-refractivity contribution in [1.29, 1.82) is 0 Å². The zero-order valence-electron chi connectivity index (χ0n) is 20.3. The lowest BCUT2D eigenvalue weighted by Crippen LogP contribution is -2.41. The van der Waals surface area contributed by atoms with Gasteiger partial charge in [0.25, 0.3) is 5.91 Å². The number of ether oxygens (including phenoxy) is 1. The molecule has 2 rings (SSSR count). The van der Waals surface area contributed by atoms with Crippen LogP contribution < -0.4 is 5.32 Å². The predicted molar refractivity (Wildman–Crippen MR) is 136 cm³/mol. The normalized spacial score (nSPS) is 17.6. The lowest BCUT2D eigenvalue weighted by Gasteiger charge is -2.25. The van der Waals surface area contributed by atoms with E-state index in [-0.39, 0.29) is 32.0 Å². The molecule has 8 heteroatoms. The number of methoxy groups -OCH3 is 1. The van der Waals surface area contributed by atoms with Crippen LogP contribution in [0.15, 0.2) is 42.0 Å². The van der Waals surface area contributed by atoms with Crippen LogP contribution in [0, 0.1) is 12.8 Å². The van der Waals surface area contributed by atoms with Gasteiger partial charge in [-0.25, -0.2) is 0 Å². The molecule has 0 spiro atoms. The first-order valence-corrected chi connectivity index (χ1v) is 12.2. The third kappa shape index (κ3) is 8.96. The number of nitrogens with one attached hydrogen (secondary N) is 1. The monoisotopic (exact) mass is 499 g/mol. The van der Waals surface area contributed by atoms with Gasteiger partial charge in [0, 0.05) is 12.7 Å². The second-order valence-corrected chi connectivity index (χ2v) is 7.98. The molecule has 1 aromatic rings. The Hall–Kier alpha value is -2.03. The number of carbonyl (C=O) groups is 1. The van der Waals surface area contributed by atoms with E-state index in [2.05, 4.69) is 17.9 Å². The Labute approximate surface area is 206 Å². The first-order valence-electron chi connectivity index (χ1n) is 11.3. The molecule has 0 bridgehead atoms. The molecule has 1 aromatic carbocycles. The molecular formula is C26H36F3NO3S. The molecule has 4 nitrogen and oxygen atoms in total. The minimum atomic E-state index is -4.16. The van der Waals surface area contributed by atoms with E-state index in [1.54, 1.807) is 24.5 Å². The molecule has 0 saturated heterocycles. The maximum atomic E-state index is 13.0. The van der Waals surface area contributed by atoms with E-state index in [0.29, 0.717) is 12.0 Å². The van der Waals surface area contributed by atoms with Crippen molar-refractivity contribution in [3.8, 4) is 0 Å². The van der Waals surface area contributed by atoms with Crippen molar-refractivity contribution in [3.63, 3.8) is 0 Å². The Kier molecular flexibility index (Phi) is 13.3.